The monoisotopic (exact) mass is 666 g/mol. The van der Waals surface area contributed by atoms with Gasteiger partial charge in [-0.15, -0.1) is 0 Å². The van der Waals surface area contributed by atoms with Gasteiger partial charge in [-0.2, -0.15) is 0 Å². The van der Waals surface area contributed by atoms with Gasteiger partial charge in [-0.1, -0.05) is 20.8 Å². The molecule has 3 heterocycles. The normalized spacial score (nSPS) is 34.8. The van der Waals surface area contributed by atoms with Gasteiger partial charge < -0.3 is 38.7 Å². The van der Waals surface area contributed by atoms with Crippen LogP contribution in [0.5, 0.6) is 0 Å². The fourth-order valence-electron chi connectivity index (χ4n) is 7.31. The van der Waals surface area contributed by atoms with E-state index in [0.717, 1.165) is 44.7 Å². The number of likely N-dealkylation sites (N-methyl/N-ethyl adjacent to an activating group) is 1. The zero-order valence-corrected chi connectivity index (χ0v) is 30.5. The molecule has 0 amide bonds. The minimum absolute atomic E-state index is 0.0198. The summed E-state index contributed by atoms with van der Waals surface area (Å²) < 4.78 is 30.4. The minimum atomic E-state index is -1.43. The molecule has 2 aliphatic heterocycles. The molecule has 0 aromatic carbocycles. The van der Waals surface area contributed by atoms with Crippen LogP contribution in [-0.4, -0.2) is 121 Å². The summed E-state index contributed by atoms with van der Waals surface area (Å²) in [5.41, 5.74) is -2.36. The van der Waals surface area contributed by atoms with Crippen LogP contribution in [0.25, 0.3) is 0 Å². The Labute approximate surface area is 282 Å². The van der Waals surface area contributed by atoms with Crippen molar-refractivity contribution in [2.75, 3.05) is 47.4 Å². The van der Waals surface area contributed by atoms with Crippen LogP contribution in [0.3, 0.4) is 0 Å². The highest BCUT2D eigenvalue weighted by molar-refractivity contribution is 6.04. The molecule has 47 heavy (non-hydrogen) atoms. The van der Waals surface area contributed by atoms with Crippen LogP contribution in [0, 0.1) is 17.3 Å². The number of oxazole rings is 1. The first kappa shape index (κ1) is 39.5. The lowest BCUT2D eigenvalue weighted by molar-refractivity contribution is -0.295. The first-order valence-corrected chi connectivity index (χ1v) is 17.4. The summed E-state index contributed by atoms with van der Waals surface area (Å²) in [5.74, 6) is -0.701. The average Bonchev–Trinajstić information content (AvgIpc) is 3.54. The number of carbonyl (C=O) groups is 2. The summed E-state index contributed by atoms with van der Waals surface area (Å²) in [6, 6.07) is -0.200. The third-order valence-corrected chi connectivity index (χ3v) is 10.0. The number of aromatic nitrogens is 1. The van der Waals surface area contributed by atoms with E-state index >= 15 is 0 Å². The molecule has 2 saturated heterocycles. The fourth-order valence-corrected chi connectivity index (χ4v) is 7.31. The number of carbonyl (C=O) groups excluding carboxylic acids is 2. The van der Waals surface area contributed by atoms with Crippen LogP contribution in [0.15, 0.2) is 17.0 Å². The van der Waals surface area contributed by atoms with E-state index in [2.05, 4.69) is 29.0 Å². The lowest BCUT2D eigenvalue weighted by Crippen LogP contribution is -2.59. The van der Waals surface area contributed by atoms with E-state index in [1.807, 2.05) is 32.8 Å². The molecule has 0 aliphatic carbocycles. The van der Waals surface area contributed by atoms with E-state index < -0.39 is 41.4 Å². The third-order valence-electron chi connectivity index (χ3n) is 10.0. The van der Waals surface area contributed by atoms with Crippen molar-refractivity contribution in [1.82, 2.24) is 20.1 Å². The Bertz CT molecular complexity index is 1100. The zero-order valence-electron chi connectivity index (χ0n) is 30.5. The van der Waals surface area contributed by atoms with Crippen molar-refractivity contribution >= 4 is 11.8 Å². The maximum atomic E-state index is 14.2. The number of hydrogen-bond acceptors (Lipinski definition) is 12. The van der Waals surface area contributed by atoms with Crippen LogP contribution in [0.1, 0.15) is 86.3 Å². The molecule has 0 spiro atoms. The number of ketones is 1. The molecule has 1 aromatic rings. The quantitative estimate of drug-likeness (QED) is 0.192. The van der Waals surface area contributed by atoms with Crippen molar-refractivity contribution in [3.63, 3.8) is 0 Å². The molecule has 0 bridgehead atoms. The number of nitrogens with one attached hydrogen (secondary N) is 1. The van der Waals surface area contributed by atoms with Gasteiger partial charge in [0.05, 0.1) is 30.6 Å². The first-order chi connectivity index (χ1) is 22.1. The number of methoxy groups -OCH3 is 1. The summed E-state index contributed by atoms with van der Waals surface area (Å²) in [7, 11) is 5.49. The van der Waals surface area contributed by atoms with Gasteiger partial charge in [0.25, 0.3) is 0 Å². The maximum Gasteiger partial charge on any atom is 0.319 e. The Morgan fingerprint density at radius 2 is 1.91 bits per heavy atom. The van der Waals surface area contributed by atoms with E-state index in [-0.39, 0.29) is 36.5 Å². The van der Waals surface area contributed by atoms with E-state index in [1.165, 1.54) is 6.39 Å². The third kappa shape index (κ3) is 10.3. The number of cyclic esters (lactones) is 1. The van der Waals surface area contributed by atoms with Gasteiger partial charge in [0, 0.05) is 31.7 Å². The summed E-state index contributed by atoms with van der Waals surface area (Å²) in [4.78, 5) is 36.3. The SMILES string of the molecule is CCCN1C[C@H](C)C[C@@](C)(OC)C(O[C@@H]2O[C@H](C)C[C@H](N(C)C)[C@H]2O)C(C)C(=O)C(C)(C)C(=O)OC[C@H]1CCCNCc1cnco1. The second-order valence-electron chi connectivity index (χ2n) is 14.8. The van der Waals surface area contributed by atoms with E-state index in [1.54, 1.807) is 34.1 Å². The Kier molecular flexibility index (Phi) is 14.8. The fraction of sp³-hybridized carbons (Fsp3) is 0.857. The number of ether oxygens (including phenoxy) is 4. The van der Waals surface area contributed by atoms with Crippen molar-refractivity contribution in [3.05, 3.63) is 18.4 Å². The number of nitrogens with zero attached hydrogens (tertiary/aromatic N) is 3. The lowest BCUT2D eigenvalue weighted by Gasteiger charge is -2.47. The number of aliphatic hydroxyl groups excluding tert-OH is 1. The largest absolute Gasteiger partial charge is 0.463 e. The van der Waals surface area contributed by atoms with E-state index in [4.69, 9.17) is 23.4 Å². The number of rotatable bonds is 12. The summed E-state index contributed by atoms with van der Waals surface area (Å²) in [5, 5.41) is 14.7. The number of aliphatic hydroxyl groups is 1. The van der Waals surface area contributed by atoms with Gasteiger partial charge in [-0.05, 0) is 92.9 Å². The molecule has 0 radical (unpaired) electrons. The zero-order chi connectivity index (χ0) is 34.9. The molecule has 2 aliphatic rings. The van der Waals surface area contributed by atoms with Crippen molar-refractivity contribution in [3.8, 4) is 0 Å². The lowest BCUT2D eigenvalue weighted by atomic mass is 9.74. The van der Waals surface area contributed by atoms with Gasteiger partial charge in [0.2, 0.25) is 0 Å². The smallest absolute Gasteiger partial charge is 0.319 e. The van der Waals surface area contributed by atoms with Crippen LogP contribution in [0.4, 0.5) is 0 Å². The number of esters is 1. The van der Waals surface area contributed by atoms with Gasteiger partial charge >= 0.3 is 5.97 Å². The first-order valence-electron chi connectivity index (χ1n) is 17.4. The van der Waals surface area contributed by atoms with Crippen LogP contribution in [-0.2, 0) is 35.1 Å². The predicted octanol–water partition coefficient (Wildman–Crippen LogP) is 3.66. The van der Waals surface area contributed by atoms with Crippen molar-refractivity contribution in [2.45, 2.75) is 129 Å². The molecule has 2 N–H and O–H groups in total. The second-order valence-corrected chi connectivity index (χ2v) is 14.8. The Morgan fingerprint density at radius 1 is 1.19 bits per heavy atom. The molecule has 2 unspecified atom stereocenters. The topological polar surface area (TPSA) is 136 Å². The van der Waals surface area contributed by atoms with Crippen LogP contribution in [0.2, 0.25) is 0 Å². The molecule has 2 fully saturated rings. The second kappa shape index (κ2) is 17.6. The van der Waals surface area contributed by atoms with Gasteiger partial charge in [-0.3, -0.25) is 14.5 Å². The van der Waals surface area contributed by atoms with E-state index in [0.29, 0.717) is 19.4 Å². The van der Waals surface area contributed by atoms with Gasteiger partial charge in [-0.25, -0.2) is 4.98 Å². The Morgan fingerprint density at radius 3 is 2.53 bits per heavy atom. The van der Waals surface area contributed by atoms with Crippen LogP contribution >= 0.6 is 0 Å². The molecule has 12 heteroatoms. The number of hydrogen-bond donors (Lipinski definition) is 2. The van der Waals surface area contributed by atoms with Crippen molar-refractivity contribution < 1.29 is 38.1 Å². The van der Waals surface area contributed by atoms with Crippen LogP contribution < -0.4 is 5.32 Å². The molecular formula is C35H62N4O8. The molecule has 270 valence electrons. The van der Waals surface area contributed by atoms with Gasteiger partial charge in [0.1, 0.15) is 23.9 Å². The van der Waals surface area contributed by atoms with Crippen molar-refractivity contribution in [2.24, 2.45) is 17.3 Å². The maximum absolute atomic E-state index is 14.2. The molecule has 1 aromatic heterocycles. The molecule has 3 rings (SSSR count). The summed E-state index contributed by atoms with van der Waals surface area (Å²) in [6.07, 6.45) is 4.10. The highest BCUT2D eigenvalue weighted by Crippen LogP contribution is 2.38. The van der Waals surface area contributed by atoms with Crippen molar-refractivity contribution in [1.29, 1.82) is 0 Å². The summed E-state index contributed by atoms with van der Waals surface area (Å²) >= 11 is 0. The standard InChI is InChI=1S/C35H62N4O8/c1-11-15-39-20-23(2)17-35(7,43-10)31(47-32-29(40)28(38(8)9)16-24(3)46-32)25(4)30(41)34(5,6)33(42)44-21-26(39)13-12-14-36-18-27-19-37-22-45-27/h19,22-26,28-29,31-32,36,40H,11-18,20-21H2,1-10H3/t23-,24-,25?,26-,28+,29-,31?,32+,35-/m1/s1. The molecule has 12 nitrogen and oxygen atoms in total. The molecular weight excluding hydrogens is 604 g/mol. The molecule has 0 saturated carbocycles. The predicted molar refractivity (Wildman–Crippen MR) is 179 cm³/mol. The summed E-state index contributed by atoms with van der Waals surface area (Å²) in [6.45, 7) is 16.4. The highest BCUT2D eigenvalue weighted by Gasteiger charge is 2.51. The van der Waals surface area contributed by atoms with E-state index in [9.17, 15) is 14.7 Å². The Hall–Kier alpha value is -1.93. The highest BCUT2D eigenvalue weighted by atomic mass is 16.7. The number of Topliss-reactive ketones (excluding diaryl/α,β-unsaturated/α-hetero) is 1. The average molecular weight is 667 g/mol. The van der Waals surface area contributed by atoms with Gasteiger partial charge in [0.15, 0.2) is 18.5 Å². The molecule has 9 atom stereocenters. The Balaban J connectivity index is 1.90. The minimum Gasteiger partial charge on any atom is -0.463 e.